The van der Waals surface area contributed by atoms with E-state index >= 15 is 8.78 Å². The number of piperidine rings is 1. The number of methoxy groups -OCH3 is 1. The van der Waals surface area contributed by atoms with Gasteiger partial charge in [0.2, 0.25) is 0 Å². The largest absolute Gasteiger partial charge is 0.490 e. The number of amides is 1. The van der Waals surface area contributed by atoms with Crippen molar-refractivity contribution in [3.63, 3.8) is 0 Å². The standard InChI is InChI=1S/C31H36Cl2F2N2O5/c1-17-26(38)15-37(28(17)30(40)41-3)29(39)24-13-23(19-4-5-19)27(14-25(24)34)42-16-31(35)6-8-36(9-7-31)18(2)20-10-21(32)12-22(33)11-20/h10-14,17-19,26,28,38H,4-9,15-16H2,1-3H3/t17?,18?,26-,28+/m1/s1. The second kappa shape index (κ2) is 12.3. The van der Waals surface area contributed by atoms with Crippen molar-refractivity contribution in [1.29, 1.82) is 0 Å². The molecule has 4 atom stereocenters. The van der Waals surface area contributed by atoms with Gasteiger partial charge in [-0.05, 0) is 73.9 Å². The highest BCUT2D eigenvalue weighted by Gasteiger charge is 2.46. The number of carbonyl (C=O) groups excluding carboxylic acids is 2. The van der Waals surface area contributed by atoms with Gasteiger partial charge < -0.3 is 19.5 Å². The Morgan fingerprint density at radius 1 is 1.12 bits per heavy atom. The Labute approximate surface area is 254 Å². The van der Waals surface area contributed by atoms with Crippen LogP contribution in [-0.2, 0) is 9.53 Å². The van der Waals surface area contributed by atoms with Crippen molar-refractivity contribution in [2.24, 2.45) is 5.92 Å². The number of benzene rings is 2. The zero-order valence-electron chi connectivity index (χ0n) is 23.9. The number of alkyl halides is 1. The molecule has 3 fully saturated rings. The van der Waals surface area contributed by atoms with Crippen LogP contribution in [0.25, 0.3) is 0 Å². The van der Waals surface area contributed by atoms with Gasteiger partial charge in [0.25, 0.3) is 5.91 Å². The minimum Gasteiger partial charge on any atom is -0.490 e. The first-order chi connectivity index (χ1) is 19.9. The lowest BCUT2D eigenvalue weighted by molar-refractivity contribution is -0.146. The first-order valence-corrected chi connectivity index (χ1v) is 15.1. The Balaban J connectivity index is 1.27. The molecule has 2 aromatic carbocycles. The van der Waals surface area contributed by atoms with Gasteiger partial charge in [-0.1, -0.05) is 30.1 Å². The van der Waals surface area contributed by atoms with Crippen LogP contribution in [-0.4, -0.2) is 77.9 Å². The van der Waals surface area contributed by atoms with Gasteiger partial charge in [0.15, 0.2) is 0 Å². The number of hydrogen-bond acceptors (Lipinski definition) is 6. The Morgan fingerprint density at radius 2 is 1.76 bits per heavy atom. The third kappa shape index (κ3) is 6.39. The predicted octanol–water partition coefficient (Wildman–Crippen LogP) is 5.95. The summed E-state index contributed by atoms with van der Waals surface area (Å²) in [4.78, 5) is 29.1. The Morgan fingerprint density at radius 3 is 2.36 bits per heavy atom. The van der Waals surface area contributed by atoms with E-state index in [0.717, 1.165) is 24.5 Å². The molecule has 3 aliphatic rings. The first-order valence-electron chi connectivity index (χ1n) is 14.3. The SMILES string of the molecule is COC(=O)[C@@H]1C(C)[C@H](O)CN1C(=O)c1cc(C2CC2)c(OCC2(F)CCN(C(C)c3cc(Cl)cc(Cl)c3)CC2)cc1F. The van der Waals surface area contributed by atoms with Gasteiger partial charge in [0.05, 0.1) is 18.8 Å². The van der Waals surface area contributed by atoms with Crippen molar-refractivity contribution in [2.45, 2.75) is 69.3 Å². The topological polar surface area (TPSA) is 79.3 Å². The van der Waals surface area contributed by atoms with Crippen molar-refractivity contribution in [1.82, 2.24) is 9.80 Å². The number of β-amino-alcohol motifs (C(OH)–C–C–N with tert-alkyl or cyclic N) is 1. The number of carbonyl (C=O) groups is 2. The van der Waals surface area contributed by atoms with Crippen LogP contribution in [0.1, 0.15) is 73.0 Å². The quantitative estimate of drug-likeness (QED) is 0.366. The fourth-order valence-corrected chi connectivity index (χ4v) is 6.61. The molecule has 1 aliphatic carbocycles. The molecule has 11 heteroatoms. The molecule has 0 spiro atoms. The van der Waals surface area contributed by atoms with Gasteiger partial charge in [0, 0.05) is 47.7 Å². The summed E-state index contributed by atoms with van der Waals surface area (Å²) in [6, 6.07) is 6.99. The minimum absolute atomic E-state index is 0.00537. The molecule has 0 bridgehead atoms. The molecule has 2 aliphatic heterocycles. The number of hydrogen-bond donors (Lipinski definition) is 1. The van der Waals surface area contributed by atoms with E-state index in [9.17, 15) is 14.7 Å². The van der Waals surface area contributed by atoms with Crippen LogP contribution in [0, 0.1) is 11.7 Å². The molecular formula is C31H36Cl2F2N2O5. The van der Waals surface area contributed by atoms with E-state index in [4.69, 9.17) is 32.7 Å². The molecule has 42 heavy (non-hydrogen) atoms. The van der Waals surface area contributed by atoms with Crippen molar-refractivity contribution in [2.75, 3.05) is 33.4 Å². The first kappa shape index (κ1) is 31.0. The van der Waals surface area contributed by atoms with E-state index in [-0.39, 0.29) is 49.3 Å². The minimum atomic E-state index is -1.59. The molecule has 2 unspecified atom stereocenters. The zero-order valence-corrected chi connectivity index (χ0v) is 25.4. The molecule has 2 aromatic rings. The van der Waals surface area contributed by atoms with Crippen LogP contribution in [0.3, 0.4) is 0 Å². The van der Waals surface area contributed by atoms with E-state index in [1.54, 1.807) is 13.0 Å². The van der Waals surface area contributed by atoms with Gasteiger partial charge in [-0.3, -0.25) is 9.69 Å². The van der Waals surface area contributed by atoms with Crippen molar-refractivity contribution < 1.29 is 33.0 Å². The number of rotatable bonds is 8. The Kier molecular flexibility index (Phi) is 9.05. The van der Waals surface area contributed by atoms with Gasteiger partial charge in [-0.25, -0.2) is 13.6 Å². The van der Waals surface area contributed by atoms with Crippen molar-refractivity contribution in [3.8, 4) is 5.75 Å². The molecule has 2 heterocycles. The summed E-state index contributed by atoms with van der Waals surface area (Å²) in [7, 11) is 1.21. The summed E-state index contributed by atoms with van der Waals surface area (Å²) in [5, 5.41) is 11.4. The summed E-state index contributed by atoms with van der Waals surface area (Å²) in [6.45, 7) is 4.35. The lowest BCUT2D eigenvalue weighted by atomic mass is 9.92. The van der Waals surface area contributed by atoms with E-state index in [1.165, 1.54) is 18.1 Å². The summed E-state index contributed by atoms with van der Waals surface area (Å²) >= 11 is 12.3. The molecule has 1 N–H and O–H groups in total. The van der Waals surface area contributed by atoms with E-state index < -0.39 is 41.4 Å². The maximum absolute atomic E-state index is 15.9. The van der Waals surface area contributed by atoms with E-state index in [2.05, 4.69) is 4.90 Å². The van der Waals surface area contributed by atoms with Gasteiger partial charge in [0.1, 0.15) is 29.9 Å². The number of aliphatic hydroxyl groups excluding tert-OH is 1. The molecular weight excluding hydrogens is 589 g/mol. The van der Waals surface area contributed by atoms with Crippen molar-refractivity contribution >= 4 is 35.1 Å². The number of ether oxygens (including phenoxy) is 2. The van der Waals surface area contributed by atoms with Gasteiger partial charge >= 0.3 is 5.97 Å². The molecule has 1 amide bonds. The second-order valence-electron chi connectivity index (χ2n) is 11.9. The number of aliphatic hydroxyl groups is 1. The van der Waals surface area contributed by atoms with Crippen LogP contribution in [0.15, 0.2) is 30.3 Å². The molecule has 2 saturated heterocycles. The molecule has 5 rings (SSSR count). The number of nitrogens with zero attached hydrogens (tertiary/aromatic N) is 2. The maximum atomic E-state index is 15.9. The van der Waals surface area contributed by atoms with Gasteiger partial charge in [-0.2, -0.15) is 0 Å². The Hall–Kier alpha value is -2.46. The highest BCUT2D eigenvalue weighted by molar-refractivity contribution is 6.34. The van der Waals surface area contributed by atoms with Gasteiger partial charge in [-0.15, -0.1) is 0 Å². The lowest BCUT2D eigenvalue weighted by Crippen LogP contribution is -2.45. The third-order valence-corrected chi connectivity index (χ3v) is 9.41. The monoisotopic (exact) mass is 624 g/mol. The fourth-order valence-electron chi connectivity index (χ4n) is 6.07. The van der Waals surface area contributed by atoms with Crippen LogP contribution >= 0.6 is 23.2 Å². The third-order valence-electron chi connectivity index (χ3n) is 8.97. The van der Waals surface area contributed by atoms with Crippen LogP contribution < -0.4 is 4.74 Å². The highest BCUT2D eigenvalue weighted by Crippen LogP contribution is 2.46. The van der Waals surface area contributed by atoms with Crippen molar-refractivity contribution in [3.05, 3.63) is 62.9 Å². The van der Waals surface area contributed by atoms with E-state index in [0.29, 0.717) is 28.7 Å². The van der Waals surface area contributed by atoms with Crippen LogP contribution in [0.5, 0.6) is 5.75 Å². The molecule has 7 nitrogen and oxygen atoms in total. The number of esters is 1. The van der Waals surface area contributed by atoms with E-state index in [1.807, 2.05) is 19.1 Å². The fraction of sp³-hybridized carbons (Fsp3) is 0.548. The summed E-state index contributed by atoms with van der Waals surface area (Å²) in [6.07, 6.45) is 1.24. The Bertz CT molecular complexity index is 1330. The van der Waals surface area contributed by atoms with Crippen LogP contribution in [0.2, 0.25) is 10.0 Å². The molecule has 1 saturated carbocycles. The lowest BCUT2D eigenvalue weighted by Gasteiger charge is -2.39. The molecule has 228 valence electrons. The highest BCUT2D eigenvalue weighted by atomic mass is 35.5. The zero-order chi connectivity index (χ0) is 30.3. The second-order valence-corrected chi connectivity index (χ2v) is 12.7. The predicted molar refractivity (Wildman–Crippen MR) is 155 cm³/mol. The number of likely N-dealkylation sites (tertiary alicyclic amines) is 2. The van der Waals surface area contributed by atoms with Crippen LogP contribution in [0.4, 0.5) is 8.78 Å². The maximum Gasteiger partial charge on any atom is 0.328 e. The average molecular weight is 626 g/mol. The molecule has 0 radical (unpaired) electrons. The normalized spacial score (nSPS) is 24.9. The number of halogens is 4. The summed E-state index contributed by atoms with van der Waals surface area (Å²) in [5.41, 5.74) is -0.193. The summed E-state index contributed by atoms with van der Waals surface area (Å²) in [5.74, 6) is -2.45. The molecule has 0 aromatic heterocycles. The summed E-state index contributed by atoms with van der Waals surface area (Å²) < 4.78 is 42.1. The average Bonchev–Trinajstić information content (AvgIpc) is 3.75. The smallest absolute Gasteiger partial charge is 0.328 e.